The number of nitrogens with zero attached hydrogens (tertiary/aromatic N) is 1. The summed E-state index contributed by atoms with van der Waals surface area (Å²) in [6.07, 6.45) is 5.73. The molecule has 1 aliphatic heterocycles. The summed E-state index contributed by atoms with van der Waals surface area (Å²) < 4.78 is 0. The van der Waals surface area contributed by atoms with Crippen molar-refractivity contribution in [2.24, 2.45) is 5.73 Å². The second kappa shape index (κ2) is 6.34. The summed E-state index contributed by atoms with van der Waals surface area (Å²) >= 11 is 1.56. The van der Waals surface area contributed by atoms with Crippen molar-refractivity contribution in [3.8, 4) is 0 Å². The second-order valence-electron chi connectivity index (χ2n) is 4.94. The number of nitrogens with two attached hydrogens (primary N) is 1. The molecule has 0 bridgehead atoms. The minimum atomic E-state index is -0.475. The Kier molecular flexibility index (Phi) is 4.78. The van der Waals surface area contributed by atoms with E-state index in [0.717, 1.165) is 30.7 Å². The summed E-state index contributed by atoms with van der Waals surface area (Å²) in [7, 11) is 0. The lowest BCUT2D eigenvalue weighted by molar-refractivity contribution is -0.135. The Morgan fingerprint density at radius 1 is 1.56 bits per heavy atom. The van der Waals surface area contributed by atoms with Crippen molar-refractivity contribution in [3.63, 3.8) is 0 Å². The highest BCUT2D eigenvalue weighted by molar-refractivity contribution is 7.10. The first-order chi connectivity index (χ1) is 8.74. The van der Waals surface area contributed by atoms with Gasteiger partial charge in [0.2, 0.25) is 5.91 Å². The number of likely N-dealkylation sites (tertiary alicyclic amines) is 1. The topological polar surface area (TPSA) is 46.3 Å². The van der Waals surface area contributed by atoms with Crippen LogP contribution in [0.1, 0.15) is 49.9 Å². The van der Waals surface area contributed by atoms with Crippen LogP contribution in [0.15, 0.2) is 17.5 Å². The van der Waals surface area contributed by atoms with Gasteiger partial charge in [-0.25, -0.2) is 0 Å². The van der Waals surface area contributed by atoms with Crippen LogP contribution in [-0.2, 0) is 4.79 Å². The third-order valence-electron chi connectivity index (χ3n) is 3.75. The van der Waals surface area contributed by atoms with E-state index in [1.807, 2.05) is 22.4 Å². The van der Waals surface area contributed by atoms with Gasteiger partial charge in [-0.05, 0) is 30.7 Å². The number of thiophene rings is 1. The zero-order chi connectivity index (χ0) is 13.0. The lowest BCUT2D eigenvalue weighted by Gasteiger charge is -2.31. The van der Waals surface area contributed by atoms with Gasteiger partial charge in [0.05, 0.1) is 0 Å². The molecule has 1 aromatic heterocycles. The molecule has 0 aliphatic carbocycles. The van der Waals surface area contributed by atoms with Gasteiger partial charge in [-0.1, -0.05) is 25.8 Å². The Balaban J connectivity index is 2.10. The molecule has 0 aromatic carbocycles. The summed E-state index contributed by atoms with van der Waals surface area (Å²) in [6.45, 7) is 3.03. The molecule has 2 heterocycles. The maximum Gasteiger partial charge on any atom is 0.245 e. The molecule has 1 amide bonds. The van der Waals surface area contributed by atoms with Crippen LogP contribution >= 0.6 is 11.3 Å². The molecule has 2 rings (SSSR count). The Morgan fingerprint density at radius 3 is 3.06 bits per heavy atom. The minimum absolute atomic E-state index is 0.103. The van der Waals surface area contributed by atoms with Crippen molar-refractivity contribution in [1.82, 2.24) is 4.90 Å². The van der Waals surface area contributed by atoms with Gasteiger partial charge in [0, 0.05) is 17.5 Å². The molecular weight excluding hydrogens is 244 g/mol. The normalized spacial score (nSPS) is 22.6. The number of carbonyl (C=O) groups is 1. The molecule has 4 heteroatoms. The lowest BCUT2D eigenvalue weighted by atomic mass is 10.1. The van der Waals surface area contributed by atoms with Gasteiger partial charge in [-0.15, -0.1) is 11.3 Å². The molecular formula is C14H22N2OS. The number of rotatable bonds is 3. The summed E-state index contributed by atoms with van der Waals surface area (Å²) in [6, 6.07) is 3.81. The summed E-state index contributed by atoms with van der Waals surface area (Å²) in [5.74, 6) is 0.103. The molecule has 3 nitrogen and oxygen atoms in total. The van der Waals surface area contributed by atoms with Crippen LogP contribution in [0, 0.1) is 0 Å². The number of carbonyl (C=O) groups excluding carboxylic acids is 1. The summed E-state index contributed by atoms with van der Waals surface area (Å²) in [4.78, 5) is 15.5. The standard InChI is InChI=1S/C14H22N2OS/c1-2-11-7-4-3-5-9-16(11)14(17)13(15)12-8-6-10-18-12/h6,8,10-11,13H,2-5,7,9,15H2,1H3. The van der Waals surface area contributed by atoms with Gasteiger partial charge >= 0.3 is 0 Å². The van der Waals surface area contributed by atoms with E-state index in [9.17, 15) is 4.79 Å². The highest BCUT2D eigenvalue weighted by Gasteiger charge is 2.28. The Labute approximate surface area is 113 Å². The lowest BCUT2D eigenvalue weighted by Crippen LogP contribution is -2.44. The fourth-order valence-electron chi connectivity index (χ4n) is 2.66. The van der Waals surface area contributed by atoms with E-state index in [1.165, 1.54) is 12.8 Å². The highest BCUT2D eigenvalue weighted by atomic mass is 32.1. The van der Waals surface area contributed by atoms with E-state index in [2.05, 4.69) is 6.92 Å². The first kappa shape index (κ1) is 13.6. The molecule has 1 aliphatic rings. The van der Waals surface area contributed by atoms with Crippen molar-refractivity contribution in [3.05, 3.63) is 22.4 Å². The molecule has 2 atom stereocenters. The molecule has 0 radical (unpaired) electrons. The predicted molar refractivity (Wildman–Crippen MR) is 75.5 cm³/mol. The molecule has 1 saturated heterocycles. The molecule has 100 valence electrons. The first-order valence-electron chi connectivity index (χ1n) is 6.83. The smallest absolute Gasteiger partial charge is 0.245 e. The van der Waals surface area contributed by atoms with Gasteiger partial charge < -0.3 is 10.6 Å². The maximum atomic E-state index is 12.5. The monoisotopic (exact) mass is 266 g/mol. The van der Waals surface area contributed by atoms with Crippen LogP contribution in [0.3, 0.4) is 0 Å². The molecule has 1 fully saturated rings. The molecule has 0 spiro atoms. The van der Waals surface area contributed by atoms with Crippen LogP contribution in [0.25, 0.3) is 0 Å². The third-order valence-corrected chi connectivity index (χ3v) is 4.70. The quantitative estimate of drug-likeness (QED) is 0.914. The van der Waals surface area contributed by atoms with Crippen LogP contribution in [0.5, 0.6) is 0 Å². The molecule has 18 heavy (non-hydrogen) atoms. The average molecular weight is 266 g/mol. The van der Waals surface area contributed by atoms with E-state index >= 15 is 0 Å². The van der Waals surface area contributed by atoms with Crippen molar-refractivity contribution >= 4 is 17.2 Å². The third kappa shape index (κ3) is 2.93. The predicted octanol–water partition coefficient (Wildman–Crippen LogP) is 2.93. The van der Waals surface area contributed by atoms with E-state index in [0.29, 0.717) is 6.04 Å². The van der Waals surface area contributed by atoms with E-state index in [-0.39, 0.29) is 5.91 Å². The Hall–Kier alpha value is -0.870. The molecule has 0 saturated carbocycles. The van der Waals surface area contributed by atoms with Crippen molar-refractivity contribution in [2.45, 2.75) is 51.1 Å². The van der Waals surface area contributed by atoms with Crippen molar-refractivity contribution in [2.75, 3.05) is 6.54 Å². The highest BCUT2D eigenvalue weighted by Crippen LogP contribution is 2.24. The fourth-order valence-corrected chi connectivity index (χ4v) is 3.38. The Morgan fingerprint density at radius 2 is 2.39 bits per heavy atom. The van der Waals surface area contributed by atoms with Crippen molar-refractivity contribution in [1.29, 1.82) is 0 Å². The van der Waals surface area contributed by atoms with Crippen LogP contribution < -0.4 is 5.73 Å². The number of hydrogen-bond acceptors (Lipinski definition) is 3. The maximum absolute atomic E-state index is 12.5. The fraction of sp³-hybridized carbons (Fsp3) is 0.643. The largest absolute Gasteiger partial charge is 0.338 e. The number of hydrogen-bond donors (Lipinski definition) is 1. The summed E-state index contributed by atoms with van der Waals surface area (Å²) in [5, 5.41) is 1.97. The molecule has 1 aromatic rings. The van der Waals surface area contributed by atoms with Crippen LogP contribution in [-0.4, -0.2) is 23.4 Å². The first-order valence-corrected chi connectivity index (χ1v) is 7.71. The van der Waals surface area contributed by atoms with Gasteiger partial charge in [0.1, 0.15) is 6.04 Å². The van der Waals surface area contributed by atoms with Crippen LogP contribution in [0.2, 0.25) is 0 Å². The van der Waals surface area contributed by atoms with Crippen LogP contribution in [0.4, 0.5) is 0 Å². The van der Waals surface area contributed by atoms with E-state index in [4.69, 9.17) is 5.73 Å². The van der Waals surface area contributed by atoms with Gasteiger partial charge in [-0.2, -0.15) is 0 Å². The van der Waals surface area contributed by atoms with E-state index in [1.54, 1.807) is 11.3 Å². The molecule has 2 unspecified atom stereocenters. The zero-order valence-corrected chi connectivity index (χ0v) is 11.8. The molecule has 2 N–H and O–H groups in total. The number of amides is 1. The van der Waals surface area contributed by atoms with Crippen molar-refractivity contribution < 1.29 is 4.79 Å². The van der Waals surface area contributed by atoms with Gasteiger partial charge in [0.25, 0.3) is 0 Å². The Bertz CT molecular complexity index is 377. The van der Waals surface area contributed by atoms with E-state index < -0.39 is 6.04 Å². The van der Waals surface area contributed by atoms with Gasteiger partial charge in [0.15, 0.2) is 0 Å². The second-order valence-corrected chi connectivity index (χ2v) is 5.92. The average Bonchev–Trinajstić information content (AvgIpc) is 2.82. The minimum Gasteiger partial charge on any atom is -0.338 e. The SMILES string of the molecule is CCC1CCCCCN1C(=O)C(N)c1cccs1. The summed E-state index contributed by atoms with van der Waals surface area (Å²) in [5.41, 5.74) is 6.10. The van der Waals surface area contributed by atoms with Gasteiger partial charge in [-0.3, -0.25) is 4.79 Å². The zero-order valence-electron chi connectivity index (χ0n) is 11.0.